The second-order valence-electron chi connectivity index (χ2n) is 7.35. The van der Waals surface area contributed by atoms with E-state index in [0.29, 0.717) is 5.56 Å². The van der Waals surface area contributed by atoms with Gasteiger partial charge in [-0.25, -0.2) is 4.79 Å². The number of carbonyl (C=O) groups is 4. The average Bonchev–Trinajstić information content (AvgIpc) is 2.81. The molecule has 3 aromatic rings. The Morgan fingerprint density at radius 1 is 0.970 bits per heavy atom. The van der Waals surface area contributed by atoms with E-state index in [1.807, 2.05) is 6.07 Å². The van der Waals surface area contributed by atoms with E-state index in [2.05, 4.69) is 5.32 Å². The van der Waals surface area contributed by atoms with Gasteiger partial charge >= 0.3 is 5.97 Å². The van der Waals surface area contributed by atoms with Gasteiger partial charge in [-0.15, -0.1) is 0 Å². The number of rotatable bonds is 4. The number of ketones is 2. The molecule has 1 atom stereocenters. The Balaban J connectivity index is 1.56. The Hall–Kier alpha value is -4.77. The van der Waals surface area contributed by atoms with E-state index in [1.54, 1.807) is 30.3 Å². The zero-order valence-corrected chi connectivity index (χ0v) is 17.3. The van der Waals surface area contributed by atoms with Gasteiger partial charge in [0.25, 0.3) is 5.91 Å². The number of anilines is 1. The Morgan fingerprint density at radius 3 is 2.33 bits per heavy atom. The molecule has 33 heavy (non-hydrogen) atoms. The van der Waals surface area contributed by atoms with Crippen LogP contribution >= 0.6 is 0 Å². The molecular weight excluding hydrogens is 424 g/mol. The third-order valence-corrected chi connectivity index (χ3v) is 5.15. The van der Waals surface area contributed by atoms with Crippen LogP contribution < -0.4 is 5.32 Å². The molecule has 0 radical (unpaired) electrons. The summed E-state index contributed by atoms with van der Waals surface area (Å²) in [5.41, 5.74) is 0.859. The molecule has 0 unspecified atom stereocenters. The summed E-state index contributed by atoms with van der Waals surface area (Å²) in [5.74, 6) is -2.66. The molecule has 0 bridgehead atoms. The molecule has 0 aromatic heterocycles. The molecule has 0 fully saturated rings. The minimum Gasteiger partial charge on any atom is -0.508 e. The molecule has 162 valence electrons. The summed E-state index contributed by atoms with van der Waals surface area (Å²) in [7, 11) is 0. The zero-order chi connectivity index (χ0) is 23.7. The zero-order valence-electron chi connectivity index (χ0n) is 17.3. The van der Waals surface area contributed by atoms with Crippen molar-refractivity contribution in [2.24, 2.45) is 0 Å². The molecule has 8 nitrogen and oxygen atoms in total. The van der Waals surface area contributed by atoms with Crippen LogP contribution in [0.2, 0.25) is 0 Å². The fourth-order valence-electron chi connectivity index (χ4n) is 3.56. The number of nitrogens with zero attached hydrogens (tertiary/aromatic N) is 1. The van der Waals surface area contributed by atoms with E-state index in [1.165, 1.54) is 31.2 Å². The third kappa shape index (κ3) is 3.95. The van der Waals surface area contributed by atoms with Gasteiger partial charge < -0.3 is 15.2 Å². The number of ether oxygens (including phenoxy) is 1. The fraction of sp³-hybridized carbons (Fsp3) is 0.0800. The van der Waals surface area contributed by atoms with Crippen molar-refractivity contribution in [1.82, 2.24) is 0 Å². The largest absolute Gasteiger partial charge is 0.508 e. The van der Waals surface area contributed by atoms with Crippen LogP contribution in [0.1, 0.15) is 54.7 Å². The van der Waals surface area contributed by atoms with E-state index in [-0.39, 0.29) is 45.0 Å². The number of hydrogen-bond donors (Lipinski definition) is 2. The number of aromatic hydroxyl groups is 1. The van der Waals surface area contributed by atoms with Crippen molar-refractivity contribution in [3.8, 4) is 11.8 Å². The van der Waals surface area contributed by atoms with Crippen LogP contribution in [0.3, 0.4) is 0 Å². The summed E-state index contributed by atoms with van der Waals surface area (Å²) in [6.45, 7) is 1.33. The van der Waals surface area contributed by atoms with Crippen molar-refractivity contribution < 1.29 is 29.0 Å². The summed E-state index contributed by atoms with van der Waals surface area (Å²) < 4.78 is 5.15. The van der Waals surface area contributed by atoms with Crippen molar-refractivity contribution in [2.75, 3.05) is 5.32 Å². The van der Waals surface area contributed by atoms with Gasteiger partial charge in [0, 0.05) is 16.7 Å². The summed E-state index contributed by atoms with van der Waals surface area (Å²) >= 11 is 0. The highest BCUT2D eigenvalue weighted by molar-refractivity contribution is 6.30. The number of benzene rings is 3. The second kappa shape index (κ2) is 8.40. The minimum absolute atomic E-state index is 0.0541. The lowest BCUT2D eigenvalue weighted by Crippen LogP contribution is -2.31. The maximum absolute atomic E-state index is 13.0. The Kier molecular flexibility index (Phi) is 5.46. The number of phenols is 1. The summed E-state index contributed by atoms with van der Waals surface area (Å²) in [4.78, 5) is 51.0. The molecule has 1 aliphatic rings. The molecule has 0 saturated heterocycles. The molecule has 4 rings (SSSR count). The van der Waals surface area contributed by atoms with Crippen molar-refractivity contribution in [2.45, 2.75) is 13.0 Å². The van der Waals surface area contributed by atoms with Crippen LogP contribution in [0.25, 0.3) is 0 Å². The van der Waals surface area contributed by atoms with E-state index in [0.717, 1.165) is 6.07 Å². The van der Waals surface area contributed by atoms with Crippen LogP contribution in [0.5, 0.6) is 5.75 Å². The highest BCUT2D eigenvalue weighted by Gasteiger charge is 2.32. The van der Waals surface area contributed by atoms with Gasteiger partial charge in [0.1, 0.15) is 5.75 Å². The first kappa shape index (κ1) is 21.5. The highest BCUT2D eigenvalue weighted by Crippen LogP contribution is 2.32. The fourth-order valence-corrected chi connectivity index (χ4v) is 3.56. The topological polar surface area (TPSA) is 134 Å². The summed E-state index contributed by atoms with van der Waals surface area (Å²) in [5, 5.41) is 21.2. The maximum atomic E-state index is 13.0. The SMILES string of the molecule is C[C@H](OC(=O)c1cc(O)cc(C#N)c1)C(=O)Nc1cccc2c1C(=O)c1ccccc1C2=O. The van der Waals surface area contributed by atoms with E-state index >= 15 is 0 Å². The van der Waals surface area contributed by atoms with Crippen LogP contribution in [0.4, 0.5) is 5.69 Å². The molecule has 1 amide bonds. The van der Waals surface area contributed by atoms with Gasteiger partial charge in [-0.2, -0.15) is 5.26 Å². The minimum atomic E-state index is -1.28. The predicted octanol–water partition coefficient (Wildman–Crippen LogP) is 3.22. The van der Waals surface area contributed by atoms with E-state index < -0.39 is 23.8 Å². The Labute approximate surface area is 188 Å². The van der Waals surface area contributed by atoms with Gasteiger partial charge in [-0.1, -0.05) is 36.4 Å². The van der Waals surface area contributed by atoms with Crippen LogP contribution in [0, 0.1) is 11.3 Å². The van der Waals surface area contributed by atoms with Crippen LogP contribution in [0.15, 0.2) is 60.7 Å². The first-order valence-corrected chi connectivity index (χ1v) is 9.87. The third-order valence-electron chi connectivity index (χ3n) is 5.15. The molecule has 8 heteroatoms. The molecule has 3 aromatic carbocycles. The first-order valence-electron chi connectivity index (χ1n) is 9.87. The summed E-state index contributed by atoms with van der Waals surface area (Å²) in [6, 6.07) is 16.3. The van der Waals surface area contributed by atoms with Gasteiger partial charge in [0.15, 0.2) is 17.7 Å². The lowest BCUT2D eigenvalue weighted by molar-refractivity contribution is -0.123. The standard InChI is InChI=1S/C25H16N2O6/c1-13(33-25(32)15-9-14(12-26)10-16(28)11-15)24(31)27-20-8-4-7-19-21(20)23(30)18-6-3-2-5-17(18)22(19)29/h2-11,13,28H,1H3,(H,27,31)/t13-/m0/s1. The van der Waals surface area contributed by atoms with Crippen LogP contribution in [-0.4, -0.2) is 34.7 Å². The monoisotopic (exact) mass is 440 g/mol. The average molecular weight is 440 g/mol. The molecular formula is C25H16N2O6. The van der Waals surface area contributed by atoms with Crippen LogP contribution in [-0.2, 0) is 9.53 Å². The van der Waals surface area contributed by atoms with Gasteiger partial charge in [0.2, 0.25) is 0 Å². The number of phenolic OH excluding ortho intramolecular Hbond substituents is 1. The number of hydrogen-bond acceptors (Lipinski definition) is 7. The number of fused-ring (bicyclic) bond motifs is 2. The molecule has 0 saturated carbocycles. The number of carbonyl (C=O) groups excluding carboxylic acids is 4. The molecule has 0 heterocycles. The van der Waals surface area contributed by atoms with Gasteiger partial charge in [0.05, 0.1) is 28.4 Å². The molecule has 0 spiro atoms. The lowest BCUT2D eigenvalue weighted by Gasteiger charge is -2.21. The van der Waals surface area contributed by atoms with Crippen molar-refractivity contribution in [1.29, 1.82) is 5.26 Å². The van der Waals surface area contributed by atoms with Gasteiger partial charge in [-0.3, -0.25) is 14.4 Å². The number of esters is 1. The van der Waals surface area contributed by atoms with E-state index in [9.17, 15) is 24.3 Å². The second-order valence-corrected chi connectivity index (χ2v) is 7.35. The predicted molar refractivity (Wildman–Crippen MR) is 116 cm³/mol. The first-order chi connectivity index (χ1) is 15.8. The molecule has 2 N–H and O–H groups in total. The van der Waals surface area contributed by atoms with Crippen molar-refractivity contribution >= 4 is 29.1 Å². The quantitative estimate of drug-likeness (QED) is 0.465. The van der Waals surface area contributed by atoms with Crippen molar-refractivity contribution in [3.05, 3.63) is 94.0 Å². The smallest absolute Gasteiger partial charge is 0.339 e. The maximum Gasteiger partial charge on any atom is 0.339 e. The van der Waals surface area contributed by atoms with E-state index in [4.69, 9.17) is 10.00 Å². The Morgan fingerprint density at radius 2 is 1.64 bits per heavy atom. The number of nitriles is 1. The summed E-state index contributed by atoms with van der Waals surface area (Å²) in [6.07, 6.45) is -1.28. The van der Waals surface area contributed by atoms with Gasteiger partial charge in [-0.05, 0) is 31.2 Å². The Bertz CT molecular complexity index is 1390. The lowest BCUT2D eigenvalue weighted by atomic mass is 9.83. The molecule has 0 aliphatic heterocycles. The highest BCUT2D eigenvalue weighted by atomic mass is 16.5. The normalized spacial score (nSPS) is 12.7. The van der Waals surface area contributed by atoms with Crippen molar-refractivity contribution in [3.63, 3.8) is 0 Å². The number of nitrogens with one attached hydrogen (secondary N) is 1. The number of amides is 1. The molecule has 1 aliphatic carbocycles.